The molecular formula is C17H26FNO2. The predicted molar refractivity (Wildman–Crippen MR) is 82.6 cm³/mol. The summed E-state index contributed by atoms with van der Waals surface area (Å²) in [6, 6.07) is 3.60. The van der Waals surface area contributed by atoms with Crippen molar-refractivity contribution in [2.24, 2.45) is 5.73 Å². The van der Waals surface area contributed by atoms with Crippen molar-refractivity contribution < 1.29 is 13.9 Å². The molecule has 0 bridgehead atoms. The SMILES string of the molecule is COc1cc(OC)c(C2(N)CCCCC2)cc1C(C)(C)F. The van der Waals surface area contributed by atoms with Crippen molar-refractivity contribution in [2.75, 3.05) is 14.2 Å². The zero-order valence-corrected chi connectivity index (χ0v) is 13.5. The number of hydrogen-bond donors (Lipinski definition) is 1. The fourth-order valence-electron chi connectivity index (χ4n) is 3.20. The van der Waals surface area contributed by atoms with E-state index in [2.05, 4.69) is 0 Å². The van der Waals surface area contributed by atoms with Crippen LogP contribution in [0.3, 0.4) is 0 Å². The Labute approximate surface area is 126 Å². The molecule has 1 fully saturated rings. The highest BCUT2D eigenvalue weighted by Crippen LogP contribution is 2.44. The van der Waals surface area contributed by atoms with Gasteiger partial charge in [-0.3, -0.25) is 0 Å². The molecular weight excluding hydrogens is 269 g/mol. The number of nitrogens with two attached hydrogens (primary N) is 1. The molecule has 0 aromatic heterocycles. The van der Waals surface area contributed by atoms with Gasteiger partial charge in [-0.05, 0) is 32.8 Å². The molecule has 0 saturated heterocycles. The minimum absolute atomic E-state index is 0.435. The normalized spacial score (nSPS) is 18.4. The number of hydrogen-bond acceptors (Lipinski definition) is 3. The lowest BCUT2D eigenvalue weighted by atomic mass is 9.76. The minimum Gasteiger partial charge on any atom is -0.496 e. The molecule has 0 unspecified atom stereocenters. The minimum atomic E-state index is -1.49. The van der Waals surface area contributed by atoms with Crippen molar-refractivity contribution in [3.63, 3.8) is 0 Å². The molecule has 0 heterocycles. The summed E-state index contributed by atoms with van der Waals surface area (Å²) in [7, 11) is 3.16. The van der Waals surface area contributed by atoms with Crippen LogP contribution in [0.5, 0.6) is 11.5 Å². The fraction of sp³-hybridized carbons (Fsp3) is 0.647. The van der Waals surface area contributed by atoms with E-state index in [9.17, 15) is 4.39 Å². The van der Waals surface area contributed by atoms with Gasteiger partial charge in [0.05, 0.1) is 14.2 Å². The topological polar surface area (TPSA) is 44.5 Å². The maximum Gasteiger partial charge on any atom is 0.134 e. The smallest absolute Gasteiger partial charge is 0.134 e. The summed E-state index contributed by atoms with van der Waals surface area (Å²) >= 11 is 0. The molecule has 0 amide bonds. The summed E-state index contributed by atoms with van der Waals surface area (Å²) in [5.74, 6) is 1.19. The van der Waals surface area contributed by atoms with Crippen LogP contribution in [0.4, 0.5) is 4.39 Å². The highest BCUT2D eigenvalue weighted by atomic mass is 19.1. The first-order valence-corrected chi connectivity index (χ1v) is 7.56. The van der Waals surface area contributed by atoms with Gasteiger partial charge in [-0.15, -0.1) is 0 Å². The largest absolute Gasteiger partial charge is 0.496 e. The van der Waals surface area contributed by atoms with Gasteiger partial charge in [-0.25, -0.2) is 4.39 Å². The van der Waals surface area contributed by atoms with Crippen LogP contribution < -0.4 is 15.2 Å². The van der Waals surface area contributed by atoms with E-state index in [0.29, 0.717) is 17.1 Å². The number of alkyl halides is 1. The third-order valence-corrected chi connectivity index (χ3v) is 4.44. The van der Waals surface area contributed by atoms with Crippen LogP contribution >= 0.6 is 0 Å². The van der Waals surface area contributed by atoms with Gasteiger partial charge in [0.1, 0.15) is 17.2 Å². The molecule has 2 rings (SSSR count). The number of ether oxygens (including phenoxy) is 2. The molecule has 1 aromatic carbocycles. The van der Waals surface area contributed by atoms with Crippen LogP contribution in [-0.4, -0.2) is 14.2 Å². The Morgan fingerprint density at radius 2 is 1.62 bits per heavy atom. The molecule has 1 aromatic rings. The lowest BCUT2D eigenvalue weighted by Crippen LogP contribution is -2.39. The Balaban J connectivity index is 2.58. The summed E-state index contributed by atoms with van der Waals surface area (Å²) in [5.41, 5.74) is 6.11. The van der Waals surface area contributed by atoms with Gasteiger partial charge in [-0.1, -0.05) is 19.3 Å². The third-order valence-electron chi connectivity index (χ3n) is 4.44. The van der Waals surface area contributed by atoms with Crippen LogP contribution in [0.2, 0.25) is 0 Å². The predicted octanol–water partition coefficient (Wildman–Crippen LogP) is 4.03. The second kappa shape index (κ2) is 5.84. The van der Waals surface area contributed by atoms with E-state index in [1.54, 1.807) is 20.3 Å². The van der Waals surface area contributed by atoms with Gasteiger partial charge in [0.2, 0.25) is 0 Å². The lowest BCUT2D eigenvalue weighted by Gasteiger charge is -2.36. The zero-order valence-electron chi connectivity index (χ0n) is 13.5. The van der Waals surface area contributed by atoms with Crippen LogP contribution in [-0.2, 0) is 11.2 Å². The molecule has 2 N–H and O–H groups in total. The second-order valence-electron chi connectivity index (χ2n) is 6.44. The first-order valence-electron chi connectivity index (χ1n) is 7.56. The highest BCUT2D eigenvalue weighted by Gasteiger charge is 2.35. The van der Waals surface area contributed by atoms with Gasteiger partial charge in [0, 0.05) is 22.7 Å². The molecule has 4 heteroatoms. The molecule has 0 spiro atoms. The van der Waals surface area contributed by atoms with Gasteiger partial charge in [0.25, 0.3) is 0 Å². The Morgan fingerprint density at radius 1 is 1.05 bits per heavy atom. The van der Waals surface area contributed by atoms with Crippen molar-refractivity contribution >= 4 is 0 Å². The van der Waals surface area contributed by atoms with Crippen molar-refractivity contribution in [1.29, 1.82) is 0 Å². The summed E-state index contributed by atoms with van der Waals surface area (Å²) in [4.78, 5) is 0. The average molecular weight is 295 g/mol. The Bertz CT molecular complexity index is 502. The van der Waals surface area contributed by atoms with Crippen molar-refractivity contribution in [3.8, 4) is 11.5 Å². The monoisotopic (exact) mass is 295 g/mol. The first kappa shape index (κ1) is 16.1. The molecule has 0 radical (unpaired) electrons. The maximum atomic E-state index is 14.5. The second-order valence-corrected chi connectivity index (χ2v) is 6.44. The number of benzene rings is 1. The molecule has 0 aliphatic heterocycles. The van der Waals surface area contributed by atoms with E-state index in [1.807, 2.05) is 6.07 Å². The summed E-state index contributed by atoms with van der Waals surface area (Å²) in [6.07, 6.45) is 5.21. The molecule has 1 aliphatic rings. The van der Waals surface area contributed by atoms with E-state index < -0.39 is 11.2 Å². The van der Waals surface area contributed by atoms with E-state index in [-0.39, 0.29) is 0 Å². The van der Waals surface area contributed by atoms with Gasteiger partial charge < -0.3 is 15.2 Å². The van der Waals surface area contributed by atoms with Crippen molar-refractivity contribution in [2.45, 2.75) is 57.2 Å². The van der Waals surface area contributed by atoms with E-state index >= 15 is 0 Å². The van der Waals surface area contributed by atoms with E-state index in [4.69, 9.17) is 15.2 Å². The van der Waals surface area contributed by atoms with Gasteiger partial charge >= 0.3 is 0 Å². The third kappa shape index (κ3) is 3.15. The number of halogens is 1. The molecule has 1 aliphatic carbocycles. The summed E-state index contributed by atoms with van der Waals surface area (Å²) in [6.45, 7) is 3.07. The maximum absolute atomic E-state index is 14.5. The zero-order chi connectivity index (χ0) is 15.7. The lowest BCUT2D eigenvalue weighted by molar-refractivity contribution is 0.211. The average Bonchev–Trinajstić information content (AvgIpc) is 2.45. The molecule has 0 atom stereocenters. The van der Waals surface area contributed by atoms with Crippen LogP contribution in [0, 0.1) is 0 Å². The Hall–Kier alpha value is -1.29. The first-order chi connectivity index (χ1) is 9.81. The molecule has 21 heavy (non-hydrogen) atoms. The standard InChI is InChI=1S/C17H26FNO2/c1-16(2,18)12-10-13(15(21-4)11-14(12)20-3)17(19)8-6-5-7-9-17/h10-11H,5-9,19H2,1-4H3. The fourth-order valence-corrected chi connectivity index (χ4v) is 3.20. The summed E-state index contributed by atoms with van der Waals surface area (Å²) in [5, 5.41) is 0. The molecule has 3 nitrogen and oxygen atoms in total. The highest BCUT2D eigenvalue weighted by molar-refractivity contribution is 5.51. The van der Waals surface area contributed by atoms with E-state index in [1.165, 1.54) is 20.3 Å². The van der Waals surface area contributed by atoms with E-state index in [0.717, 1.165) is 31.2 Å². The van der Waals surface area contributed by atoms with Gasteiger partial charge in [-0.2, -0.15) is 0 Å². The van der Waals surface area contributed by atoms with Crippen LogP contribution in [0.15, 0.2) is 12.1 Å². The van der Waals surface area contributed by atoms with Gasteiger partial charge in [0.15, 0.2) is 0 Å². The van der Waals surface area contributed by atoms with Crippen molar-refractivity contribution in [1.82, 2.24) is 0 Å². The van der Waals surface area contributed by atoms with Crippen LogP contribution in [0.1, 0.15) is 57.1 Å². The molecule has 1 saturated carbocycles. The van der Waals surface area contributed by atoms with Crippen molar-refractivity contribution in [3.05, 3.63) is 23.3 Å². The van der Waals surface area contributed by atoms with Crippen LogP contribution in [0.25, 0.3) is 0 Å². The Kier molecular flexibility index (Phi) is 4.47. The summed E-state index contributed by atoms with van der Waals surface area (Å²) < 4.78 is 25.3. The number of rotatable bonds is 4. The number of methoxy groups -OCH3 is 2. The molecule has 118 valence electrons. The quantitative estimate of drug-likeness (QED) is 0.912. The Morgan fingerprint density at radius 3 is 2.10 bits per heavy atom.